The predicted molar refractivity (Wildman–Crippen MR) is 96.8 cm³/mol. The van der Waals surface area contributed by atoms with Gasteiger partial charge in [-0.25, -0.2) is 4.79 Å². The largest absolute Gasteiger partial charge is 0.478 e. The van der Waals surface area contributed by atoms with Crippen LogP contribution < -0.4 is 0 Å². The first kappa shape index (κ1) is 18.2. The fraction of sp³-hybridized carbons (Fsp3) is 0.588. The van der Waals surface area contributed by atoms with Crippen molar-refractivity contribution in [2.45, 2.75) is 63.7 Å². The van der Waals surface area contributed by atoms with E-state index in [2.05, 4.69) is 32.7 Å². The van der Waals surface area contributed by atoms with Crippen LogP contribution in [0.5, 0.6) is 0 Å². The lowest BCUT2D eigenvalue weighted by Gasteiger charge is -2.29. The summed E-state index contributed by atoms with van der Waals surface area (Å²) < 4.78 is 0. The summed E-state index contributed by atoms with van der Waals surface area (Å²) in [4.78, 5) is 10.8. The van der Waals surface area contributed by atoms with Crippen molar-refractivity contribution in [2.24, 2.45) is 0 Å². The lowest BCUT2D eigenvalue weighted by atomic mass is 10.1. The molecule has 1 aromatic carbocycles. The van der Waals surface area contributed by atoms with Crippen molar-refractivity contribution >= 4 is 22.1 Å². The zero-order valence-corrected chi connectivity index (χ0v) is 16.2. The van der Waals surface area contributed by atoms with E-state index in [0.717, 1.165) is 6.42 Å². The van der Waals surface area contributed by atoms with Crippen LogP contribution in [0.15, 0.2) is 24.3 Å². The molecule has 0 aliphatic carbocycles. The van der Waals surface area contributed by atoms with Gasteiger partial charge in [-0.2, -0.15) is 0 Å². The maximum absolute atomic E-state index is 10.8. The van der Waals surface area contributed by atoms with Gasteiger partial charge >= 0.3 is 5.97 Å². The Hall–Kier alpha value is -0.876. The molecule has 1 aromatic rings. The van der Waals surface area contributed by atoms with E-state index < -0.39 is 22.1 Å². The molecule has 0 atom stereocenters. The second-order valence-electron chi connectivity index (χ2n) is 8.11. The van der Waals surface area contributed by atoms with Crippen LogP contribution >= 0.6 is 0 Å². The molecule has 0 unspecified atom stereocenters. The third-order valence-corrected chi connectivity index (χ3v) is 13.6. The Morgan fingerprint density at radius 1 is 1.00 bits per heavy atom. The molecule has 0 bridgehead atoms. The molecule has 21 heavy (non-hydrogen) atoms. The summed E-state index contributed by atoms with van der Waals surface area (Å²) in [6, 6.07) is 8.75. The van der Waals surface area contributed by atoms with E-state index in [4.69, 9.17) is 5.11 Å². The van der Waals surface area contributed by atoms with E-state index in [9.17, 15) is 4.79 Å². The molecule has 0 aliphatic heterocycles. The Balaban J connectivity index is 2.35. The molecule has 4 heteroatoms. The van der Waals surface area contributed by atoms with Crippen molar-refractivity contribution in [3.8, 4) is 0 Å². The second kappa shape index (κ2) is 7.41. The van der Waals surface area contributed by atoms with Crippen molar-refractivity contribution in [2.75, 3.05) is 0 Å². The number of carbonyl (C=O) groups is 1. The molecule has 2 nitrogen and oxygen atoms in total. The first-order chi connectivity index (χ1) is 9.59. The number of aromatic carboxylic acids is 1. The number of rotatable bonds is 8. The average Bonchev–Trinajstić information content (AvgIpc) is 2.32. The molecule has 0 radical (unpaired) electrons. The molecule has 1 N–H and O–H groups in total. The van der Waals surface area contributed by atoms with E-state index in [1.54, 1.807) is 12.1 Å². The molecule has 0 amide bonds. The number of hydrogen-bond acceptors (Lipinski definition) is 1. The monoisotopic (exact) mass is 322 g/mol. The first-order valence-electron chi connectivity index (χ1n) is 7.91. The highest BCUT2D eigenvalue weighted by Gasteiger charge is 2.27. The van der Waals surface area contributed by atoms with Gasteiger partial charge in [0.15, 0.2) is 0 Å². The van der Waals surface area contributed by atoms with Gasteiger partial charge in [0.2, 0.25) is 0 Å². The Labute approximate surface area is 131 Å². The third kappa shape index (κ3) is 7.62. The van der Waals surface area contributed by atoms with Crippen LogP contribution in [-0.4, -0.2) is 27.2 Å². The summed E-state index contributed by atoms with van der Waals surface area (Å²) in [6.07, 6.45) is 3.59. The van der Waals surface area contributed by atoms with Gasteiger partial charge in [-0.1, -0.05) is 63.0 Å². The van der Waals surface area contributed by atoms with Crippen LogP contribution in [0.3, 0.4) is 0 Å². The van der Waals surface area contributed by atoms with Gasteiger partial charge in [0.1, 0.15) is 0 Å². The number of hydrogen-bond donors (Lipinski definition) is 1. The minimum atomic E-state index is -1.02. The molecular formula is C17H30O2Si2. The zero-order valence-electron chi connectivity index (χ0n) is 14.2. The fourth-order valence-electron chi connectivity index (χ4n) is 3.27. The summed E-state index contributed by atoms with van der Waals surface area (Å²) in [5.41, 5.74) is 3.15. The van der Waals surface area contributed by atoms with E-state index in [1.165, 1.54) is 30.1 Å². The zero-order chi connectivity index (χ0) is 16.1. The van der Waals surface area contributed by atoms with Crippen LogP contribution in [0.4, 0.5) is 0 Å². The molecule has 0 heterocycles. The summed E-state index contributed by atoms with van der Waals surface area (Å²) in [5, 5.41) is 8.88. The number of unbranched alkanes of at least 4 members (excludes halogenated alkanes) is 1. The van der Waals surface area contributed by atoms with Gasteiger partial charge in [-0.15, -0.1) is 0 Å². The van der Waals surface area contributed by atoms with Crippen LogP contribution in [0.1, 0.15) is 28.8 Å². The third-order valence-electron chi connectivity index (χ3n) is 3.78. The van der Waals surface area contributed by atoms with E-state index in [1.807, 2.05) is 12.1 Å². The van der Waals surface area contributed by atoms with Gasteiger partial charge in [-0.05, 0) is 30.5 Å². The van der Waals surface area contributed by atoms with E-state index >= 15 is 0 Å². The van der Waals surface area contributed by atoms with Crippen molar-refractivity contribution in [3.63, 3.8) is 0 Å². The van der Waals surface area contributed by atoms with Gasteiger partial charge in [-0.3, -0.25) is 0 Å². The van der Waals surface area contributed by atoms with Crippen molar-refractivity contribution < 1.29 is 9.90 Å². The Bertz CT molecular complexity index is 459. The Morgan fingerprint density at radius 2 is 1.57 bits per heavy atom. The lowest BCUT2D eigenvalue weighted by molar-refractivity contribution is 0.0697. The molecule has 0 spiro atoms. The average molecular weight is 323 g/mol. The molecule has 118 valence electrons. The molecule has 0 saturated carbocycles. The van der Waals surface area contributed by atoms with Crippen LogP contribution in [0.2, 0.25) is 44.4 Å². The number of aryl methyl sites for hydroxylation is 1. The van der Waals surface area contributed by atoms with Gasteiger partial charge in [0.25, 0.3) is 0 Å². The van der Waals surface area contributed by atoms with Gasteiger partial charge < -0.3 is 5.11 Å². The fourth-order valence-corrected chi connectivity index (χ4v) is 16.7. The summed E-state index contributed by atoms with van der Waals surface area (Å²) in [5.74, 6) is -0.847. The maximum atomic E-state index is 10.8. The second-order valence-corrected chi connectivity index (χ2v) is 19.5. The van der Waals surface area contributed by atoms with Gasteiger partial charge in [0.05, 0.1) is 5.56 Å². The predicted octanol–water partition coefficient (Wildman–Crippen LogP) is 5.29. The maximum Gasteiger partial charge on any atom is 0.335 e. The quantitative estimate of drug-likeness (QED) is 0.521. The highest BCUT2D eigenvalue weighted by molar-refractivity contribution is 6.94. The summed E-state index contributed by atoms with van der Waals surface area (Å²) >= 11 is 0. The molecule has 0 aliphatic rings. The van der Waals surface area contributed by atoms with Crippen molar-refractivity contribution in [1.29, 1.82) is 0 Å². The van der Waals surface area contributed by atoms with Crippen molar-refractivity contribution in [1.82, 2.24) is 0 Å². The first-order valence-corrected chi connectivity index (χ1v) is 15.0. The van der Waals surface area contributed by atoms with Gasteiger partial charge in [0, 0.05) is 16.1 Å². The SMILES string of the molecule is C[Si](C)(C)C[Si](C)(C)CCCCc1ccc(C(=O)O)cc1. The highest BCUT2D eigenvalue weighted by Crippen LogP contribution is 2.25. The van der Waals surface area contributed by atoms with Crippen LogP contribution in [0.25, 0.3) is 0 Å². The molecular weight excluding hydrogens is 292 g/mol. The standard InChI is InChI=1S/C17H30O2Si2/c1-20(2,3)14-21(4,5)13-7-6-8-15-9-11-16(12-10-15)17(18)19/h9-12H,6-8,13-14H2,1-5H3,(H,18,19). The number of carboxylic acid groups (broad SMARTS) is 1. The Kier molecular flexibility index (Phi) is 6.41. The molecule has 1 rings (SSSR count). The molecule has 0 aromatic heterocycles. The number of carboxylic acids is 1. The van der Waals surface area contributed by atoms with E-state index in [-0.39, 0.29) is 0 Å². The minimum Gasteiger partial charge on any atom is -0.478 e. The van der Waals surface area contributed by atoms with Crippen LogP contribution in [0, 0.1) is 0 Å². The topological polar surface area (TPSA) is 37.3 Å². The van der Waals surface area contributed by atoms with E-state index in [0.29, 0.717) is 5.56 Å². The number of benzene rings is 1. The minimum absolute atomic E-state index is 0.377. The van der Waals surface area contributed by atoms with Crippen LogP contribution in [-0.2, 0) is 6.42 Å². The molecule has 0 fully saturated rings. The smallest absolute Gasteiger partial charge is 0.335 e. The summed E-state index contributed by atoms with van der Waals surface area (Å²) in [6.45, 7) is 12.5. The lowest BCUT2D eigenvalue weighted by Crippen LogP contribution is -2.37. The summed E-state index contributed by atoms with van der Waals surface area (Å²) in [7, 11) is -1.94. The molecule has 0 saturated heterocycles. The normalized spacial score (nSPS) is 12.4. The van der Waals surface area contributed by atoms with Crippen molar-refractivity contribution in [3.05, 3.63) is 35.4 Å². The highest BCUT2D eigenvalue weighted by atomic mass is 28.4. The Morgan fingerprint density at radius 3 is 2.05 bits per heavy atom.